The first-order chi connectivity index (χ1) is 19.0. The summed E-state index contributed by atoms with van der Waals surface area (Å²) in [5.74, 6) is 1.19. The molecule has 39 heavy (non-hydrogen) atoms. The molecule has 1 amide bonds. The van der Waals surface area contributed by atoms with Crippen LogP contribution >= 0.6 is 11.3 Å². The lowest BCUT2D eigenvalue weighted by Crippen LogP contribution is -2.17. The maximum Gasteiger partial charge on any atom is 0.271 e. The van der Waals surface area contributed by atoms with Gasteiger partial charge in [0.05, 0.1) is 11.9 Å². The van der Waals surface area contributed by atoms with E-state index in [0.717, 1.165) is 56.2 Å². The third-order valence-electron chi connectivity index (χ3n) is 6.43. The van der Waals surface area contributed by atoms with Crippen LogP contribution in [0.2, 0.25) is 0 Å². The predicted octanol–water partition coefficient (Wildman–Crippen LogP) is 6.45. The number of fused-ring (bicyclic) bond motifs is 1. The second-order valence-electron chi connectivity index (χ2n) is 9.00. The fourth-order valence-corrected chi connectivity index (χ4v) is 5.21. The Kier molecular flexibility index (Phi) is 6.56. The summed E-state index contributed by atoms with van der Waals surface area (Å²) < 4.78 is 13.0. The van der Waals surface area contributed by atoms with Crippen molar-refractivity contribution in [2.45, 2.75) is 13.8 Å². The van der Waals surface area contributed by atoms with Crippen LogP contribution in [0.1, 0.15) is 27.3 Å². The number of amides is 1. The SMILES string of the molecule is Cc1cc(/C=N\NC(=O)c2ccc(Nc3nc(-c4ccccc4)cs3)cc2)c(C)n1-c1ccc2c(c1)OCO2. The summed E-state index contributed by atoms with van der Waals surface area (Å²) in [6, 6.07) is 25.1. The predicted molar refractivity (Wildman–Crippen MR) is 154 cm³/mol. The van der Waals surface area contributed by atoms with Crippen molar-refractivity contribution in [3.8, 4) is 28.4 Å². The molecule has 3 aromatic carbocycles. The normalized spacial score (nSPS) is 12.2. The number of ether oxygens (including phenoxy) is 2. The van der Waals surface area contributed by atoms with Crippen molar-refractivity contribution in [2.24, 2.45) is 5.10 Å². The number of thiazole rings is 1. The van der Waals surface area contributed by atoms with E-state index in [-0.39, 0.29) is 12.7 Å². The minimum absolute atomic E-state index is 0.237. The third-order valence-corrected chi connectivity index (χ3v) is 7.18. The molecule has 5 aromatic rings. The van der Waals surface area contributed by atoms with E-state index >= 15 is 0 Å². The second-order valence-corrected chi connectivity index (χ2v) is 9.86. The van der Waals surface area contributed by atoms with E-state index in [4.69, 9.17) is 9.47 Å². The highest BCUT2D eigenvalue weighted by Gasteiger charge is 2.16. The summed E-state index contributed by atoms with van der Waals surface area (Å²) >= 11 is 1.53. The number of hydrazone groups is 1. The smallest absolute Gasteiger partial charge is 0.271 e. The zero-order chi connectivity index (χ0) is 26.8. The first kappa shape index (κ1) is 24.4. The number of hydrogen-bond acceptors (Lipinski definition) is 7. The summed E-state index contributed by atoms with van der Waals surface area (Å²) in [5.41, 5.74) is 9.89. The Bertz CT molecular complexity index is 1670. The highest BCUT2D eigenvalue weighted by atomic mass is 32.1. The number of carbonyl (C=O) groups excluding carboxylic acids is 1. The fourth-order valence-electron chi connectivity index (χ4n) is 4.47. The number of aryl methyl sites for hydroxylation is 1. The highest BCUT2D eigenvalue weighted by Crippen LogP contribution is 2.35. The monoisotopic (exact) mass is 535 g/mol. The van der Waals surface area contributed by atoms with Gasteiger partial charge < -0.3 is 19.4 Å². The van der Waals surface area contributed by atoms with E-state index in [1.54, 1.807) is 18.3 Å². The molecule has 194 valence electrons. The lowest BCUT2D eigenvalue weighted by Gasteiger charge is -2.10. The van der Waals surface area contributed by atoms with Gasteiger partial charge in [0.2, 0.25) is 6.79 Å². The summed E-state index contributed by atoms with van der Waals surface area (Å²) in [6.45, 7) is 4.27. The van der Waals surface area contributed by atoms with E-state index in [2.05, 4.69) is 25.4 Å². The molecule has 0 saturated heterocycles. The molecular formula is C30H25N5O3S. The van der Waals surface area contributed by atoms with Crippen LogP contribution in [-0.4, -0.2) is 28.5 Å². The van der Waals surface area contributed by atoms with Crippen LogP contribution in [0.3, 0.4) is 0 Å². The van der Waals surface area contributed by atoms with Crippen molar-refractivity contribution >= 4 is 34.3 Å². The summed E-state index contributed by atoms with van der Waals surface area (Å²) in [7, 11) is 0. The van der Waals surface area contributed by atoms with Gasteiger partial charge in [-0.15, -0.1) is 11.3 Å². The van der Waals surface area contributed by atoms with Gasteiger partial charge in [-0.2, -0.15) is 5.10 Å². The van der Waals surface area contributed by atoms with E-state index in [0.29, 0.717) is 5.56 Å². The minimum atomic E-state index is -0.289. The molecular weight excluding hydrogens is 510 g/mol. The highest BCUT2D eigenvalue weighted by molar-refractivity contribution is 7.14. The second kappa shape index (κ2) is 10.5. The van der Waals surface area contributed by atoms with Crippen molar-refractivity contribution in [2.75, 3.05) is 12.1 Å². The largest absolute Gasteiger partial charge is 0.454 e. The van der Waals surface area contributed by atoms with E-state index in [1.165, 1.54) is 11.3 Å². The van der Waals surface area contributed by atoms with E-state index in [9.17, 15) is 4.79 Å². The van der Waals surface area contributed by atoms with Crippen molar-refractivity contribution in [1.82, 2.24) is 15.0 Å². The first-order valence-electron chi connectivity index (χ1n) is 12.4. The average Bonchev–Trinajstić information content (AvgIpc) is 3.68. The number of nitrogens with zero attached hydrogens (tertiary/aromatic N) is 3. The first-order valence-corrected chi connectivity index (χ1v) is 13.2. The molecule has 3 heterocycles. The number of anilines is 2. The molecule has 1 aliphatic rings. The van der Waals surface area contributed by atoms with Gasteiger partial charge in [-0.05, 0) is 56.3 Å². The summed E-state index contributed by atoms with van der Waals surface area (Å²) in [5, 5.41) is 10.3. The lowest BCUT2D eigenvalue weighted by molar-refractivity contribution is 0.0955. The molecule has 0 atom stereocenters. The lowest BCUT2D eigenvalue weighted by atomic mass is 10.2. The molecule has 0 radical (unpaired) electrons. The number of carbonyl (C=O) groups is 1. The van der Waals surface area contributed by atoms with Gasteiger partial charge in [-0.3, -0.25) is 4.79 Å². The van der Waals surface area contributed by atoms with E-state index in [1.807, 2.05) is 86.0 Å². The molecule has 1 aliphatic heterocycles. The van der Waals surface area contributed by atoms with Crippen molar-refractivity contribution in [3.05, 3.63) is 107 Å². The van der Waals surface area contributed by atoms with Crippen LogP contribution < -0.4 is 20.2 Å². The molecule has 2 N–H and O–H groups in total. The van der Waals surface area contributed by atoms with Gasteiger partial charge in [0.25, 0.3) is 5.91 Å². The molecule has 6 rings (SSSR count). The fraction of sp³-hybridized carbons (Fsp3) is 0.100. The molecule has 8 nitrogen and oxygen atoms in total. The van der Waals surface area contributed by atoms with Gasteiger partial charge >= 0.3 is 0 Å². The molecule has 0 fully saturated rings. The van der Waals surface area contributed by atoms with Gasteiger partial charge in [0.1, 0.15) is 0 Å². The van der Waals surface area contributed by atoms with Crippen LogP contribution in [0, 0.1) is 13.8 Å². The Balaban J connectivity index is 1.09. The van der Waals surface area contributed by atoms with Gasteiger partial charge in [-0.25, -0.2) is 10.4 Å². The van der Waals surface area contributed by atoms with Crippen LogP contribution in [0.5, 0.6) is 11.5 Å². The zero-order valence-electron chi connectivity index (χ0n) is 21.3. The Morgan fingerprint density at radius 2 is 1.79 bits per heavy atom. The van der Waals surface area contributed by atoms with Crippen molar-refractivity contribution in [3.63, 3.8) is 0 Å². The molecule has 9 heteroatoms. The summed E-state index contributed by atoms with van der Waals surface area (Å²) in [6.07, 6.45) is 1.66. The standard InChI is InChI=1S/C30H25N5O3S/c1-19-14-23(20(2)35(19)25-12-13-27-28(15-25)38-18-37-27)16-31-34-29(36)22-8-10-24(11-9-22)32-30-33-26(17-39-30)21-6-4-3-5-7-21/h3-17H,18H2,1-2H3,(H,32,33)(H,34,36)/b31-16-. The Labute approximate surface area is 229 Å². The summed E-state index contributed by atoms with van der Waals surface area (Å²) in [4.78, 5) is 17.3. The molecule has 0 bridgehead atoms. The zero-order valence-corrected chi connectivity index (χ0v) is 22.2. The van der Waals surface area contributed by atoms with Crippen molar-refractivity contribution < 1.29 is 14.3 Å². The Hall–Kier alpha value is -4.89. The molecule has 0 spiro atoms. The van der Waals surface area contributed by atoms with Gasteiger partial charge in [0.15, 0.2) is 16.6 Å². The van der Waals surface area contributed by atoms with Crippen molar-refractivity contribution in [1.29, 1.82) is 0 Å². The van der Waals surface area contributed by atoms with Crippen LogP contribution in [0.15, 0.2) is 89.3 Å². The van der Waals surface area contributed by atoms with Gasteiger partial charge in [0, 0.05) is 50.9 Å². The number of benzene rings is 3. The maximum atomic E-state index is 12.7. The molecule has 2 aromatic heterocycles. The number of hydrogen-bond donors (Lipinski definition) is 2. The molecule has 0 unspecified atom stereocenters. The van der Waals surface area contributed by atoms with Crippen LogP contribution in [0.4, 0.5) is 10.8 Å². The van der Waals surface area contributed by atoms with Crippen LogP contribution in [-0.2, 0) is 0 Å². The topological polar surface area (TPSA) is 89.8 Å². The number of aromatic nitrogens is 2. The Morgan fingerprint density at radius 1 is 1.00 bits per heavy atom. The minimum Gasteiger partial charge on any atom is -0.454 e. The maximum absolute atomic E-state index is 12.7. The third kappa shape index (κ3) is 5.12. The molecule has 0 aliphatic carbocycles. The van der Waals surface area contributed by atoms with Gasteiger partial charge in [-0.1, -0.05) is 30.3 Å². The average molecular weight is 536 g/mol. The Morgan fingerprint density at radius 3 is 2.62 bits per heavy atom. The number of rotatable bonds is 7. The number of nitrogens with one attached hydrogen (secondary N) is 2. The van der Waals surface area contributed by atoms with E-state index < -0.39 is 0 Å². The molecule has 0 saturated carbocycles. The quantitative estimate of drug-likeness (QED) is 0.185. The van der Waals surface area contributed by atoms with Crippen LogP contribution in [0.25, 0.3) is 16.9 Å².